The maximum Gasteiger partial charge on any atom is 0.264 e. The number of aryl methyl sites for hydroxylation is 1. The lowest BCUT2D eigenvalue weighted by Gasteiger charge is -2.23. The molecule has 7 nitrogen and oxygen atoms in total. The summed E-state index contributed by atoms with van der Waals surface area (Å²) in [5, 5.41) is 2.12. The molecule has 0 aliphatic carbocycles. The highest BCUT2D eigenvalue weighted by Gasteiger charge is 2.14. The first-order valence-corrected chi connectivity index (χ1v) is 10.0. The second-order valence-electron chi connectivity index (χ2n) is 6.01. The smallest absolute Gasteiger partial charge is 0.264 e. The predicted molar refractivity (Wildman–Crippen MR) is 99.3 cm³/mol. The van der Waals surface area contributed by atoms with Gasteiger partial charge in [0.05, 0.1) is 18.4 Å². The minimum atomic E-state index is -3.43. The van der Waals surface area contributed by atoms with E-state index in [9.17, 15) is 8.42 Å². The lowest BCUT2D eigenvalue weighted by atomic mass is 10.2. The van der Waals surface area contributed by atoms with E-state index in [2.05, 4.69) is 11.9 Å². The van der Waals surface area contributed by atoms with Crippen LogP contribution in [0.4, 0.5) is 5.82 Å². The van der Waals surface area contributed by atoms with Crippen molar-refractivity contribution in [3.63, 3.8) is 0 Å². The molecule has 0 spiro atoms. The molecule has 134 valence electrons. The monoisotopic (exact) mass is 362 g/mol. The third-order valence-corrected chi connectivity index (χ3v) is 4.70. The van der Waals surface area contributed by atoms with E-state index in [4.69, 9.17) is 9.17 Å². The summed E-state index contributed by atoms with van der Waals surface area (Å²) in [6.45, 7) is 3.42. The molecule has 0 atom stereocenters. The molecule has 0 amide bonds. The Labute approximate surface area is 147 Å². The van der Waals surface area contributed by atoms with Crippen molar-refractivity contribution in [1.29, 1.82) is 0 Å². The van der Waals surface area contributed by atoms with Gasteiger partial charge in [-0.15, -0.1) is 0 Å². The van der Waals surface area contributed by atoms with Gasteiger partial charge in [-0.25, -0.2) is 4.98 Å². The molecule has 3 aromatic rings. The first-order chi connectivity index (χ1) is 11.9. The fourth-order valence-electron chi connectivity index (χ4n) is 2.99. The highest BCUT2D eigenvalue weighted by molar-refractivity contribution is 7.85. The van der Waals surface area contributed by atoms with Gasteiger partial charge in [0.2, 0.25) is 0 Å². The number of anilines is 1. The van der Waals surface area contributed by atoms with Crippen molar-refractivity contribution in [2.24, 2.45) is 7.05 Å². The van der Waals surface area contributed by atoms with E-state index in [0.29, 0.717) is 6.54 Å². The lowest BCUT2D eigenvalue weighted by Crippen LogP contribution is -2.29. The van der Waals surface area contributed by atoms with E-state index in [-0.39, 0.29) is 6.61 Å². The Hall–Kier alpha value is -2.19. The van der Waals surface area contributed by atoms with E-state index in [1.807, 2.05) is 40.9 Å². The quantitative estimate of drug-likeness (QED) is 0.600. The first-order valence-electron chi connectivity index (χ1n) is 8.19. The van der Waals surface area contributed by atoms with Gasteiger partial charge < -0.3 is 9.47 Å². The second-order valence-corrected chi connectivity index (χ2v) is 7.65. The summed E-state index contributed by atoms with van der Waals surface area (Å²) >= 11 is 0. The zero-order valence-electron chi connectivity index (χ0n) is 14.6. The maximum absolute atomic E-state index is 11.2. The van der Waals surface area contributed by atoms with Crippen molar-refractivity contribution in [2.75, 3.05) is 30.9 Å². The number of fused-ring (bicyclic) bond motifs is 3. The maximum atomic E-state index is 11.2. The van der Waals surface area contributed by atoms with Gasteiger partial charge >= 0.3 is 0 Å². The average molecular weight is 362 g/mol. The molecule has 0 aromatic carbocycles. The molecular formula is C17H22N4O3S. The van der Waals surface area contributed by atoms with Crippen LogP contribution in [-0.4, -0.2) is 48.9 Å². The Morgan fingerprint density at radius 2 is 2.00 bits per heavy atom. The molecule has 3 rings (SSSR count). The highest BCUT2D eigenvalue weighted by atomic mass is 32.2. The van der Waals surface area contributed by atoms with Crippen LogP contribution < -0.4 is 4.90 Å². The second kappa shape index (κ2) is 6.97. The van der Waals surface area contributed by atoms with E-state index in [1.165, 1.54) is 0 Å². The molecule has 3 aromatic heterocycles. The van der Waals surface area contributed by atoms with Gasteiger partial charge in [-0.05, 0) is 24.6 Å². The molecule has 0 radical (unpaired) electrons. The van der Waals surface area contributed by atoms with Crippen LogP contribution >= 0.6 is 0 Å². The molecule has 0 saturated carbocycles. The van der Waals surface area contributed by atoms with Crippen molar-refractivity contribution in [2.45, 2.75) is 13.3 Å². The Kier molecular flexibility index (Phi) is 4.91. The largest absolute Gasteiger partial charge is 0.354 e. The molecular weight excluding hydrogens is 340 g/mol. The minimum absolute atomic E-state index is 0.109. The van der Waals surface area contributed by atoms with E-state index < -0.39 is 10.1 Å². The molecule has 0 N–H and O–H groups in total. The van der Waals surface area contributed by atoms with Crippen LogP contribution in [0.2, 0.25) is 0 Å². The molecule has 0 bridgehead atoms. The van der Waals surface area contributed by atoms with Crippen molar-refractivity contribution >= 4 is 37.9 Å². The fraction of sp³-hybridized carbons (Fsp3) is 0.412. The summed E-state index contributed by atoms with van der Waals surface area (Å²) < 4.78 is 29.2. The van der Waals surface area contributed by atoms with E-state index >= 15 is 0 Å². The van der Waals surface area contributed by atoms with Crippen molar-refractivity contribution in [3.8, 4) is 0 Å². The van der Waals surface area contributed by atoms with E-state index in [0.717, 1.165) is 47.0 Å². The standard InChI is InChI=1S/C17H22N4O3S/c1-4-9-21(10-11-24-25(3,22)23)16-6-5-13-14-12-18-8-7-15(14)20(2)17(13)19-16/h5-8,12H,4,9-11H2,1-3H3. The van der Waals surface area contributed by atoms with Crippen LogP contribution in [0.3, 0.4) is 0 Å². The zero-order valence-corrected chi connectivity index (χ0v) is 15.5. The van der Waals surface area contributed by atoms with Crippen LogP contribution in [0.15, 0.2) is 30.6 Å². The Balaban J connectivity index is 1.95. The van der Waals surface area contributed by atoms with Crippen molar-refractivity contribution in [1.82, 2.24) is 14.5 Å². The van der Waals surface area contributed by atoms with Gasteiger partial charge in [-0.1, -0.05) is 6.92 Å². The molecule has 0 aliphatic heterocycles. The number of hydrogen-bond acceptors (Lipinski definition) is 6. The minimum Gasteiger partial charge on any atom is -0.354 e. The van der Waals surface area contributed by atoms with Gasteiger partial charge in [0.15, 0.2) is 0 Å². The van der Waals surface area contributed by atoms with Crippen LogP contribution in [0, 0.1) is 0 Å². The van der Waals surface area contributed by atoms with Gasteiger partial charge in [0.1, 0.15) is 11.5 Å². The van der Waals surface area contributed by atoms with Crippen LogP contribution in [0.1, 0.15) is 13.3 Å². The molecule has 8 heteroatoms. The van der Waals surface area contributed by atoms with Crippen LogP contribution in [0.25, 0.3) is 21.9 Å². The summed E-state index contributed by atoms with van der Waals surface area (Å²) in [6.07, 6.45) is 5.61. The van der Waals surface area contributed by atoms with Crippen LogP contribution in [-0.2, 0) is 21.3 Å². The summed E-state index contributed by atoms with van der Waals surface area (Å²) in [6, 6.07) is 5.98. The molecule has 25 heavy (non-hydrogen) atoms. The van der Waals surface area contributed by atoms with E-state index in [1.54, 1.807) is 6.20 Å². The molecule has 0 saturated heterocycles. The topological polar surface area (TPSA) is 77.3 Å². The van der Waals surface area contributed by atoms with Gasteiger partial charge in [-0.2, -0.15) is 8.42 Å². The molecule has 3 heterocycles. The number of nitrogens with zero attached hydrogens (tertiary/aromatic N) is 4. The fourth-order valence-corrected chi connectivity index (χ4v) is 3.37. The molecule has 0 aliphatic rings. The third kappa shape index (κ3) is 3.74. The first kappa shape index (κ1) is 17.6. The molecule has 0 unspecified atom stereocenters. The number of pyridine rings is 2. The van der Waals surface area contributed by atoms with Crippen molar-refractivity contribution < 1.29 is 12.6 Å². The van der Waals surface area contributed by atoms with Gasteiger partial charge in [0, 0.05) is 43.3 Å². The predicted octanol–water partition coefficient (Wildman–Crippen LogP) is 2.31. The Morgan fingerprint density at radius 3 is 2.72 bits per heavy atom. The number of rotatable bonds is 7. The van der Waals surface area contributed by atoms with Gasteiger partial charge in [-0.3, -0.25) is 9.17 Å². The normalized spacial score (nSPS) is 12.1. The molecule has 0 fully saturated rings. The number of aromatic nitrogens is 3. The summed E-state index contributed by atoms with van der Waals surface area (Å²) in [4.78, 5) is 11.0. The summed E-state index contributed by atoms with van der Waals surface area (Å²) in [7, 11) is -1.45. The van der Waals surface area contributed by atoms with Crippen LogP contribution in [0.5, 0.6) is 0 Å². The SMILES string of the molecule is CCCN(CCOS(C)(=O)=O)c1ccc2c3cnccc3n(C)c2n1. The number of hydrogen-bond donors (Lipinski definition) is 0. The zero-order chi connectivity index (χ0) is 18.0. The van der Waals surface area contributed by atoms with Gasteiger partial charge in [0.25, 0.3) is 10.1 Å². The lowest BCUT2D eigenvalue weighted by molar-refractivity contribution is 0.327. The van der Waals surface area contributed by atoms with Crippen molar-refractivity contribution in [3.05, 3.63) is 30.6 Å². The highest BCUT2D eigenvalue weighted by Crippen LogP contribution is 2.28. The Morgan fingerprint density at radius 1 is 1.20 bits per heavy atom. The summed E-state index contributed by atoms with van der Waals surface area (Å²) in [5.74, 6) is 0.810. The summed E-state index contributed by atoms with van der Waals surface area (Å²) in [5.41, 5.74) is 1.96. The average Bonchev–Trinajstić information content (AvgIpc) is 2.86. The third-order valence-electron chi connectivity index (χ3n) is 4.10. The Bertz CT molecular complexity index is 998.